The summed E-state index contributed by atoms with van der Waals surface area (Å²) in [5.41, 5.74) is 5.14. The average Bonchev–Trinajstić information content (AvgIpc) is 2.23. The standard InChI is InChI=1S/C12H16F3N3/c1-8(2)11(16)6-18(7-11)10-4-3-9(5-17-10)12(13,14)15/h3-5,8H,6-7,16H2,1-2H3. The molecule has 6 heteroatoms. The Labute approximate surface area is 104 Å². The topological polar surface area (TPSA) is 42.1 Å². The molecule has 2 heterocycles. The third-order valence-electron chi connectivity index (χ3n) is 3.52. The van der Waals surface area contributed by atoms with E-state index in [9.17, 15) is 13.2 Å². The third-order valence-corrected chi connectivity index (χ3v) is 3.52. The highest BCUT2D eigenvalue weighted by atomic mass is 19.4. The van der Waals surface area contributed by atoms with Gasteiger partial charge in [-0.15, -0.1) is 0 Å². The van der Waals surface area contributed by atoms with E-state index in [1.807, 2.05) is 18.7 Å². The van der Waals surface area contributed by atoms with Crippen LogP contribution in [0.25, 0.3) is 0 Å². The van der Waals surface area contributed by atoms with E-state index in [-0.39, 0.29) is 5.54 Å². The molecule has 3 nitrogen and oxygen atoms in total. The van der Waals surface area contributed by atoms with Crippen molar-refractivity contribution in [1.29, 1.82) is 0 Å². The fraction of sp³-hybridized carbons (Fsp3) is 0.583. The van der Waals surface area contributed by atoms with Gasteiger partial charge in [0.2, 0.25) is 0 Å². The summed E-state index contributed by atoms with van der Waals surface area (Å²) < 4.78 is 37.1. The van der Waals surface area contributed by atoms with Gasteiger partial charge in [-0.3, -0.25) is 0 Å². The molecule has 1 aromatic heterocycles. The molecule has 0 spiro atoms. The Bertz CT molecular complexity index is 419. The van der Waals surface area contributed by atoms with E-state index in [0.717, 1.165) is 12.3 Å². The molecule has 1 aliphatic heterocycles. The second kappa shape index (κ2) is 4.12. The monoisotopic (exact) mass is 259 g/mol. The largest absolute Gasteiger partial charge is 0.417 e. The number of aromatic nitrogens is 1. The smallest absolute Gasteiger partial charge is 0.353 e. The summed E-state index contributed by atoms with van der Waals surface area (Å²) in [5, 5.41) is 0. The number of hydrogen-bond acceptors (Lipinski definition) is 3. The highest BCUT2D eigenvalue weighted by Crippen LogP contribution is 2.32. The third kappa shape index (κ3) is 2.29. The van der Waals surface area contributed by atoms with Crippen LogP contribution in [0.3, 0.4) is 0 Å². The maximum atomic E-state index is 12.4. The molecule has 0 bridgehead atoms. The number of nitrogens with two attached hydrogens (primary N) is 1. The molecule has 0 saturated carbocycles. The quantitative estimate of drug-likeness (QED) is 0.886. The summed E-state index contributed by atoms with van der Waals surface area (Å²) in [6.07, 6.45) is -3.47. The first-order valence-corrected chi connectivity index (χ1v) is 5.79. The van der Waals surface area contributed by atoms with Gasteiger partial charge in [0.15, 0.2) is 0 Å². The normalized spacial score (nSPS) is 18.9. The van der Waals surface area contributed by atoms with Crippen molar-refractivity contribution in [3.05, 3.63) is 23.9 Å². The Morgan fingerprint density at radius 2 is 1.94 bits per heavy atom. The summed E-state index contributed by atoms with van der Waals surface area (Å²) in [6.45, 7) is 5.33. The number of alkyl halides is 3. The van der Waals surface area contributed by atoms with E-state index in [1.54, 1.807) is 0 Å². The zero-order chi connectivity index (χ0) is 13.6. The number of anilines is 1. The lowest BCUT2D eigenvalue weighted by Crippen LogP contribution is -2.70. The van der Waals surface area contributed by atoms with Gasteiger partial charge < -0.3 is 10.6 Å². The first kappa shape index (κ1) is 13.1. The molecule has 0 unspecified atom stereocenters. The Morgan fingerprint density at radius 3 is 2.33 bits per heavy atom. The van der Waals surface area contributed by atoms with Crippen molar-refractivity contribution in [2.45, 2.75) is 25.6 Å². The first-order valence-electron chi connectivity index (χ1n) is 5.79. The maximum absolute atomic E-state index is 12.4. The lowest BCUT2D eigenvalue weighted by molar-refractivity contribution is -0.137. The average molecular weight is 259 g/mol. The number of hydrogen-bond donors (Lipinski definition) is 1. The molecule has 1 aliphatic rings. The highest BCUT2D eigenvalue weighted by Gasteiger charge is 2.42. The Balaban J connectivity index is 2.05. The van der Waals surface area contributed by atoms with Gasteiger partial charge in [-0.1, -0.05) is 13.8 Å². The zero-order valence-electron chi connectivity index (χ0n) is 10.3. The van der Waals surface area contributed by atoms with E-state index < -0.39 is 11.7 Å². The second-order valence-corrected chi connectivity index (χ2v) is 5.15. The van der Waals surface area contributed by atoms with Crippen LogP contribution in [0.2, 0.25) is 0 Å². The molecule has 0 aromatic carbocycles. The van der Waals surface area contributed by atoms with E-state index in [0.29, 0.717) is 24.8 Å². The molecule has 0 atom stereocenters. The minimum absolute atomic E-state index is 0.260. The summed E-state index contributed by atoms with van der Waals surface area (Å²) in [7, 11) is 0. The lowest BCUT2D eigenvalue weighted by Gasteiger charge is -2.51. The predicted octanol–water partition coefficient (Wildman–Crippen LogP) is 2.27. The van der Waals surface area contributed by atoms with Crippen LogP contribution < -0.4 is 10.6 Å². The lowest BCUT2D eigenvalue weighted by atomic mass is 9.80. The van der Waals surface area contributed by atoms with Crippen LogP contribution in [0.4, 0.5) is 19.0 Å². The van der Waals surface area contributed by atoms with Crippen LogP contribution in [0.1, 0.15) is 19.4 Å². The molecular weight excluding hydrogens is 243 g/mol. The van der Waals surface area contributed by atoms with Gasteiger partial charge in [-0.2, -0.15) is 13.2 Å². The van der Waals surface area contributed by atoms with Crippen molar-refractivity contribution in [2.24, 2.45) is 11.7 Å². The number of pyridine rings is 1. The summed E-state index contributed by atoms with van der Waals surface area (Å²) in [6, 6.07) is 2.44. The molecular formula is C12H16F3N3. The molecule has 0 aliphatic carbocycles. The Hall–Kier alpha value is -1.30. The Morgan fingerprint density at radius 1 is 1.33 bits per heavy atom. The molecule has 0 radical (unpaired) electrons. The van der Waals surface area contributed by atoms with Crippen molar-refractivity contribution in [3.63, 3.8) is 0 Å². The van der Waals surface area contributed by atoms with Gasteiger partial charge in [0.1, 0.15) is 5.82 Å². The summed E-state index contributed by atoms with van der Waals surface area (Å²) >= 11 is 0. The molecule has 1 saturated heterocycles. The molecule has 100 valence electrons. The van der Waals surface area contributed by atoms with Gasteiger partial charge in [0.25, 0.3) is 0 Å². The summed E-state index contributed by atoms with van der Waals surface area (Å²) in [4.78, 5) is 5.73. The SMILES string of the molecule is CC(C)C1(N)CN(c2ccc(C(F)(F)F)cn2)C1. The van der Waals surface area contributed by atoms with Crippen LogP contribution in [0, 0.1) is 5.92 Å². The summed E-state index contributed by atoms with van der Waals surface area (Å²) in [5.74, 6) is 0.882. The Kier molecular flexibility index (Phi) is 3.01. The number of nitrogens with zero attached hydrogens (tertiary/aromatic N) is 2. The number of halogens is 3. The van der Waals surface area contributed by atoms with Crippen LogP contribution in [0.15, 0.2) is 18.3 Å². The van der Waals surface area contributed by atoms with Gasteiger partial charge in [-0.05, 0) is 18.1 Å². The number of rotatable bonds is 2. The molecule has 0 amide bonds. The van der Waals surface area contributed by atoms with E-state index in [1.165, 1.54) is 6.07 Å². The van der Waals surface area contributed by atoms with Crippen molar-refractivity contribution in [3.8, 4) is 0 Å². The van der Waals surface area contributed by atoms with Gasteiger partial charge in [0, 0.05) is 19.3 Å². The van der Waals surface area contributed by atoms with Crippen LogP contribution in [-0.2, 0) is 6.18 Å². The minimum atomic E-state index is -4.34. The predicted molar refractivity (Wildman–Crippen MR) is 63.2 cm³/mol. The van der Waals surface area contributed by atoms with Gasteiger partial charge >= 0.3 is 6.18 Å². The molecule has 1 aromatic rings. The van der Waals surface area contributed by atoms with Crippen molar-refractivity contribution >= 4 is 5.82 Å². The van der Waals surface area contributed by atoms with Gasteiger partial charge in [-0.25, -0.2) is 4.98 Å². The van der Waals surface area contributed by atoms with Crippen LogP contribution in [-0.4, -0.2) is 23.6 Å². The highest BCUT2D eigenvalue weighted by molar-refractivity contribution is 5.45. The van der Waals surface area contributed by atoms with Crippen LogP contribution >= 0.6 is 0 Å². The van der Waals surface area contributed by atoms with Crippen molar-refractivity contribution in [1.82, 2.24) is 4.98 Å². The fourth-order valence-corrected chi connectivity index (χ4v) is 1.93. The van der Waals surface area contributed by atoms with E-state index in [2.05, 4.69) is 4.98 Å². The molecule has 2 N–H and O–H groups in total. The minimum Gasteiger partial charge on any atom is -0.353 e. The molecule has 1 fully saturated rings. The maximum Gasteiger partial charge on any atom is 0.417 e. The fourth-order valence-electron chi connectivity index (χ4n) is 1.93. The molecule has 2 rings (SSSR count). The zero-order valence-corrected chi connectivity index (χ0v) is 10.3. The van der Waals surface area contributed by atoms with Gasteiger partial charge in [0.05, 0.1) is 11.1 Å². The first-order chi connectivity index (χ1) is 8.22. The van der Waals surface area contributed by atoms with E-state index in [4.69, 9.17) is 5.73 Å². The van der Waals surface area contributed by atoms with E-state index >= 15 is 0 Å². The van der Waals surface area contributed by atoms with Crippen molar-refractivity contribution in [2.75, 3.05) is 18.0 Å². The molecule has 18 heavy (non-hydrogen) atoms. The second-order valence-electron chi connectivity index (χ2n) is 5.15. The van der Waals surface area contributed by atoms with Crippen molar-refractivity contribution < 1.29 is 13.2 Å². The van der Waals surface area contributed by atoms with Crippen LogP contribution in [0.5, 0.6) is 0 Å².